The molecular weight excluding hydrogens is 444 g/mol. The molecule has 0 bridgehead atoms. The summed E-state index contributed by atoms with van der Waals surface area (Å²) in [7, 11) is -1.93. The maximum Gasteiger partial charge on any atom is 0.308 e. The van der Waals surface area contributed by atoms with E-state index in [2.05, 4.69) is 65.9 Å². The third-order valence-electron chi connectivity index (χ3n) is 8.91. The first-order chi connectivity index (χ1) is 15.7. The average Bonchev–Trinajstić information content (AvgIpc) is 3.02. The highest BCUT2D eigenvalue weighted by Gasteiger charge is 2.53. The van der Waals surface area contributed by atoms with E-state index in [4.69, 9.17) is 18.6 Å². The van der Waals surface area contributed by atoms with Crippen LogP contribution in [0.3, 0.4) is 0 Å². The molecule has 0 N–H and O–H groups in total. The number of esters is 1. The van der Waals surface area contributed by atoms with Gasteiger partial charge in [0.1, 0.15) is 6.10 Å². The van der Waals surface area contributed by atoms with Crippen LogP contribution in [0.15, 0.2) is 23.8 Å². The van der Waals surface area contributed by atoms with Gasteiger partial charge in [-0.3, -0.25) is 4.79 Å². The fourth-order valence-corrected chi connectivity index (χ4v) is 7.48. The van der Waals surface area contributed by atoms with Crippen LogP contribution in [0.4, 0.5) is 0 Å². The number of carbonyl (C=O) groups excluding carboxylic acids is 1. The molecule has 0 spiro atoms. The Hall–Kier alpha value is -0.953. The molecule has 2 fully saturated rings. The summed E-state index contributed by atoms with van der Waals surface area (Å²) in [5, 5.41) is 0.127. The Morgan fingerprint density at radius 3 is 2.44 bits per heavy atom. The second-order valence-electron chi connectivity index (χ2n) is 13.1. The number of allylic oxidation sites excluding steroid dienone is 2. The summed E-state index contributed by atoms with van der Waals surface area (Å²) in [6.07, 6.45) is 10.2. The van der Waals surface area contributed by atoms with Gasteiger partial charge in [0.15, 0.2) is 14.1 Å². The monoisotopic (exact) mass is 490 g/mol. The molecule has 2 saturated heterocycles. The van der Waals surface area contributed by atoms with E-state index in [1.807, 2.05) is 13.8 Å². The molecule has 0 amide bonds. The molecule has 2 heterocycles. The summed E-state index contributed by atoms with van der Waals surface area (Å²) >= 11 is 0. The van der Waals surface area contributed by atoms with Gasteiger partial charge in [0.05, 0.1) is 24.7 Å². The van der Waals surface area contributed by atoms with E-state index < -0.39 is 14.1 Å². The van der Waals surface area contributed by atoms with Gasteiger partial charge in [-0.05, 0) is 62.2 Å². The predicted molar refractivity (Wildman–Crippen MR) is 137 cm³/mol. The Morgan fingerprint density at radius 2 is 1.76 bits per heavy atom. The van der Waals surface area contributed by atoms with Gasteiger partial charge in [-0.1, -0.05) is 52.8 Å². The smallest absolute Gasteiger partial charge is 0.308 e. The molecule has 0 radical (unpaired) electrons. The van der Waals surface area contributed by atoms with Crippen molar-refractivity contribution in [1.29, 1.82) is 0 Å². The zero-order chi connectivity index (χ0) is 25.1. The molecule has 8 atom stereocenters. The lowest BCUT2D eigenvalue weighted by Gasteiger charge is -2.44. The second-order valence-corrected chi connectivity index (χ2v) is 17.9. The van der Waals surface area contributed by atoms with Gasteiger partial charge >= 0.3 is 5.97 Å². The normalized spacial score (nSPS) is 39.8. The molecule has 0 aromatic carbocycles. The average molecular weight is 491 g/mol. The van der Waals surface area contributed by atoms with Crippen molar-refractivity contribution in [1.82, 2.24) is 0 Å². The lowest BCUT2D eigenvalue weighted by Crippen LogP contribution is -2.47. The van der Waals surface area contributed by atoms with Gasteiger partial charge in [-0.2, -0.15) is 0 Å². The van der Waals surface area contributed by atoms with Crippen LogP contribution >= 0.6 is 0 Å². The Balaban J connectivity index is 1.45. The molecular formula is C28H46O5Si. The topological polar surface area (TPSA) is 54.0 Å². The van der Waals surface area contributed by atoms with Gasteiger partial charge < -0.3 is 18.6 Å². The van der Waals surface area contributed by atoms with E-state index >= 15 is 0 Å². The summed E-state index contributed by atoms with van der Waals surface area (Å²) in [6, 6.07) is 0. The molecule has 34 heavy (non-hydrogen) atoms. The largest absolute Gasteiger partial charge is 0.462 e. The first-order valence-electron chi connectivity index (χ1n) is 13.3. The minimum Gasteiger partial charge on any atom is -0.462 e. The van der Waals surface area contributed by atoms with Crippen molar-refractivity contribution in [3.63, 3.8) is 0 Å². The number of hydrogen-bond donors (Lipinski definition) is 0. The highest BCUT2D eigenvalue weighted by molar-refractivity contribution is 6.74. The van der Waals surface area contributed by atoms with Crippen LogP contribution in [-0.4, -0.2) is 44.5 Å². The zero-order valence-electron chi connectivity index (χ0n) is 22.7. The van der Waals surface area contributed by atoms with Crippen LogP contribution in [0, 0.1) is 23.7 Å². The van der Waals surface area contributed by atoms with Crippen LogP contribution in [0.25, 0.3) is 0 Å². The van der Waals surface area contributed by atoms with Crippen molar-refractivity contribution in [3.05, 3.63) is 23.8 Å². The number of ether oxygens (including phenoxy) is 3. The first kappa shape index (κ1) is 26.1. The summed E-state index contributed by atoms with van der Waals surface area (Å²) < 4.78 is 25.2. The van der Waals surface area contributed by atoms with E-state index in [0.717, 1.165) is 19.3 Å². The fourth-order valence-electron chi connectivity index (χ4n) is 6.12. The molecule has 0 aromatic heterocycles. The maximum absolute atomic E-state index is 12.5. The van der Waals surface area contributed by atoms with Gasteiger partial charge in [0, 0.05) is 18.3 Å². The molecule has 0 unspecified atom stereocenters. The summed E-state index contributed by atoms with van der Waals surface area (Å²) in [5.74, 6) is 0.884. The first-order valence-corrected chi connectivity index (χ1v) is 16.2. The van der Waals surface area contributed by atoms with Crippen LogP contribution in [0.1, 0.15) is 74.1 Å². The summed E-state index contributed by atoms with van der Waals surface area (Å²) in [5.41, 5.74) is 1.39. The van der Waals surface area contributed by atoms with Gasteiger partial charge in [0.25, 0.3) is 0 Å². The molecule has 2 aliphatic carbocycles. The van der Waals surface area contributed by atoms with Crippen LogP contribution < -0.4 is 0 Å². The van der Waals surface area contributed by atoms with Gasteiger partial charge in [-0.15, -0.1) is 0 Å². The van der Waals surface area contributed by atoms with Crippen molar-refractivity contribution in [3.8, 4) is 0 Å². The van der Waals surface area contributed by atoms with Crippen molar-refractivity contribution >= 4 is 14.3 Å². The van der Waals surface area contributed by atoms with Crippen molar-refractivity contribution in [2.24, 2.45) is 23.7 Å². The molecule has 192 valence electrons. The van der Waals surface area contributed by atoms with E-state index in [1.165, 1.54) is 5.57 Å². The molecule has 2 aliphatic heterocycles. The minimum absolute atomic E-state index is 0.0291. The Bertz CT molecular complexity index is 838. The molecule has 0 saturated carbocycles. The summed E-state index contributed by atoms with van der Waals surface area (Å²) in [6.45, 7) is 19.9. The molecule has 6 heteroatoms. The Labute approximate surface area is 207 Å². The van der Waals surface area contributed by atoms with Gasteiger partial charge in [0.2, 0.25) is 0 Å². The van der Waals surface area contributed by atoms with Crippen LogP contribution in [0.5, 0.6) is 0 Å². The number of rotatable bonds is 5. The minimum atomic E-state index is -1.93. The van der Waals surface area contributed by atoms with Gasteiger partial charge in [-0.25, -0.2) is 0 Å². The van der Waals surface area contributed by atoms with E-state index in [9.17, 15) is 4.79 Å². The second kappa shape index (κ2) is 9.17. The molecule has 4 rings (SSSR count). The lowest BCUT2D eigenvalue weighted by molar-refractivity contribution is -0.160. The van der Waals surface area contributed by atoms with Crippen molar-refractivity contribution in [2.75, 3.05) is 0 Å². The third kappa shape index (κ3) is 5.25. The predicted octanol–water partition coefficient (Wildman–Crippen LogP) is 6.40. The number of cyclic esters (lactones) is 1. The Morgan fingerprint density at radius 1 is 1.09 bits per heavy atom. The van der Waals surface area contributed by atoms with Crippen molar-refractivity contribution in [2.45, 2.75) is 122 Å². The lowest BCUT2D eigenvalue weighted by atomic mass is 9.64. The van der Waals surface area contributed by atoms with E-state index in [1.54, 1.807) is 0 Å². The third-order valence-corrected chi connectivity index (χ3v) is 13.4. The summed E-state index contributed by atoms with van der Waals surface area (Å²) in [4.78, 5) is 12.5. The Kier molecular flexibility index (Phi) is 7.04. The van der Waals surface area contributed by atoms with Crippen molar-refractivity contribution < 1.29 is 23.4 Å². The number of fused-ring (bicyclic) bond motifs is 3. The fraction of sp³-hybridized carbons (Fsp3) is 0.821. The molecule has 5 nitrogen and oxygen atoms in total. The highest BCUT2D eigenvalue weighted by Crippen LogP contribution is 2.50. The maximum atomic E-state index is 12.5. The van der Waals surface area contributed by atoms with Crippen LogP contribution in [0.2, 0.25) is 18.1 Å². The SMILES string of the molecule is C[C@H]1C=CC2=C[C@H](C)[C@@H]3OC(C)(C)O[C@@H]3[C@@H]2[C@H]1CC[C@@H]1C[C@@H](O[Si](C)(C)C(C)(C)C)CC(=O)O1. The molecule has 4 aliphatic rings. The number of hydrogen-bond acceptors (Lipinski definition) is 5. The van der Waals surface area contributed by atoms with E-state index in [-0.39, 0.29) is 35.4 Å². The van der Waals surface area contributed by atoms with Crippen LogP contribution in [-0.2, 0) is 23.4 Å². The highest BCUT2D eigenvalue weighted by atomic mass is 28.4. The van der Waals surface area contributed by atoms with E-state index in [0.29, 0.717) is 30.1 Å². The molecule has 0 aromatic rings. The zero-order valence-corrected chi connectivity index (χ0v) is 23.7. The standard InChI is InChI=1S/C28H46O5Si/c1-17-10-11-19-14-18(2)25-26(32-28(6,7)31-25)24(19)22(17)13-12-20-15-21(16-23(29)30-20)33-34(8,9)27(3,4)5/h10-11,14,17-18,20-22,24-26H,12-13,15-16H2,1-9H3/t17-,18-,20+,21+,22-,24-,25-,26+/m0/s1. The number of carbonyl (C=O) groups is 1. The quantitative estimate of drug-likeness (QED) is 0.330.